The van der Waals surface area contributed by atoms with Gasteiger partial charge in [-0.15, -0.1) is 0 Å². The van der Waals surface area contributed by atoms with Crippen molar-refractivity contribution in [2.75, 3.05) is 0 Å². The van der Waals surface area contributed by atoms with Gasteiger partial charge in [0.25, 0.3) is 0 Å². The Morgan fingerprint density at radius 3 is 1.29 bits per heavy atom. The molecule has 0 bridgehead atoms. The van der Waals surface area contributed by atoms with Gasteiger partial charge in [0.05, 0.1) is 0 Å². The van der Waals surface area contributed by atoms with Crippen LogP contribution >= 0.6 is 0 Å². The van der Waals surface area contributed by atoms with E-state index in [0.717, 1.165) is 0 Å². The van der Waals surface area contributed by atoms with Crippen molar-refractivity contribution in [2.45, 2.75) is 7.35 Å². The van der Waals surface area contributed by atoms with Gasteiger partial charge in [-0.05, 0) is 0 Å². The van der Waals surface area contributed by atoms with E-state index in [2.05, 4.69) is 133 Å². The first-order valence-corrected chi connectivity index (χ1v) is 17.2. The van der Waals surface area contributed by atoms with Crippen LogP contribution in [0.5, 0.6) is 0 Å². The monoisotopic (exact) mass is 646 g/mol. The fraction of sp³-hybridized carbons (Fsp3) is 0.0645. The average Bonchev–Trinajstić information content (AvgIpc) is 3.48. The van der Waals surface area contributed by atoms with Crippen LogP contribution in [-0.4, -0.2) is 3.26 Å². The zero-order valence-electron chi connectivity index (χ0n) is 18.6. The Bertz CT molecular complexity index is 1270. The van der Waals surface area contributed by atoms with Crippen molar-refractivity contribution < 1.29 is 45.8 Å². The molecular formula is C31H24Cl2Hf. The Kier molecular flexibility index (Phi) is 7.99. The average molecular weight is 646 g/mol. The van der Waals surface area contributed by atoms with Crippen molar-refractivity contribution in [2.24, 2.45) is 0 Å². The quantitative estimate of drug-likeness (QED) is 0.295. The molecule has 2 unspecified atom stereocenters. The maximum Gasteiger partial charge on any atom is -1.00 e. The minimum Gasteiger partial charge on any atom is -1.00 e. The Labute approximate surface area is 221 Å². The molecule has 0 aromatic heterocycles. The van der Waals surface area contributed by atoms with Crippen molar-refractivity contribution in [1.29, 1.82) is 0 Å². The number of benzene rings is 4. The van der Waals surface area contributed by atoms with E-state index >= 15 is 0 Å². The van der Waals surface area contributed by atoms with E-state index in [1.807, 2.05) is 0 Å². The van der Waals surface area contributed by atoms with Crippen molar-refractivity contribution in [3.8, 4) is 0 Å². The van der Waals surface area contributed by atoms with Crippen LogP contribution in [0.2, 0.25) is 0 Å². The first-order chi connectivity index (χ1) is 15.9. The van der Waals surface area contributed by atoms with E-state index in [1.54, 1.807) is 3.26 Å². The van der Waals surface area contributed by atoms with Gasteiger partial charge in [-0.3, -0.25) is 0 Å². The van der Waals surface area contributed by atoms with Crippen molar-refractivity contribution in [3.63, 3.8) is 0 Å². The molecule has 0 fully saturated rings. The van der Waals surface area contributed by atoms with E-state index in [1.165, 1.54) is 33.4 Å². The number of hydrogen-bond donors (Lipinski definition) is 0. The zero-order chi connectivity index (χ0) is 21.3. The van der Waals surface area contributed by atoms with Gasteiger partial charge in [-0.25, -0.2) is 0 Å². The van der Waals surface area contributed by atoms with Crippen molar-refractivity contribution in [3.05, 3.63) is 155 Å². The van der Waals surface area contributed by atoms with Gasteiger partial charge in [0, 0.05) is 0 Å². The summed E-state index contributed by atoms with van der Waals surface area (Å²) in [5.74, 6) is 0. The Hall–Kier alpha value is -2.32. The fourth-order valence-corrected chi connectivity index (χ4v) is 19.0. The number of hydrogen-bond acceptors (Lipinski definition) is 0. The van der Waals surface area contributed by atoms with Gasteiger partial charge in [0.15, 0.2) is 0 Å². The first kappa shape index (κ1) is 24.8. The predicted octanol–water partition coefficient (Wildman–Crippen LogP) is 1.42. The number of allylic oxidation sites excluding steroid dienone is 2. The van der Waals surface area contributed by atoms with Crippen LogP contribution in [0.15, 0.2) is 121 Å². The normalized spacial score (nSPS) is 16.4. The summed E-state index contributed by atoms with van der Waals surface area (Å²) < 4.78 is 2.70. The summed E-state index contributed by atoms with van der Waals surface area (Å²) in [6.45, 7) is 0. The summed E-state index contributed by atoms with van der Waals surface area (Å²) in [5.41, 5.74) is 8.65. The van der Waals surface area contributed by atoms with Crippen LogP contribution in [0.3, 0.4) is 0 Å². The van der Waals surface area contributed by atoms with E-state index in [-0.39, 0.29) is 24.8 Å². The van der Waals surface area contributed by atoms with E-state index < -0.39 is 21.0 Å². The second-order valence-electron chi connectivity index (χ2n) is 8.49. The van der Waals surface area contributed by atoms with Gasteiger partial charge in [0.2, 0.25) is 0 Å². The molecule has 0 aliphatic heterocycles. The zero-order valence-corrected chi connectivity index (χ0v) is 23.7. The molecule has 34 heavy (non-hydrogen) atoms. The van der Waals surface area contributed by atoms with E-state index in [9.17, 15) is 0 Å². The molecule has 0 radical (unpaired) electrons. The molecule has 2 aliphatic rings. The van der Waals surface area contributed by atoms with Gasteiger partial charge < -0.3 is 24.8 Å². The molecule has 0 spiro atoms. The molecule has 0 saturated heterocycles. The summed E-state index contributed by atoms with van der Waals surface area (Å²) in [4.78, 5) is 0. The second kappa shape index (κ2) is 11.0. The van der Waals surface area contributed by atoms with Crippen molar-refractivity contribution in [1.82, 2.24) is 0 Å². The molecular weight excluding hydrogens is 622 g/mol. The molecule has 0 amide bonds. The standard InChI is InChI=1S/C13H10.2C9H7.2ClH.Hf/c1-3-7-12(8-4-1)11-13-9-5-2-6-10-13;2*1-2-5-9-7-3-6-8(9)4-1;;;/h1-10H;2*1-7H;2*1H;/q;;;;;+2/p-2. The first-order valence-electron chi connectivity index (χ1n) is 11.3. The van der Waals surface area contributed by atoms with Crippen LogP contribution in [0, 0.1) is 0 Å². The molecule has 0 N–H and O–H groups in total. The number of halogens is 2. The topological polar surface area (TPSA) is 0 Å². The Balaban J connectivity index is 0.00000137. The van der Waals surface area contributed by atoms with E-state index in [4.69, 9.17) is 0 Å². The largest absolute Gasteiger partial charge is 1.00 e. The summed E-state index contributed by atoms with van der Waals surface area (Å²) in [6.07, 6.45) is 9.77. The maximum absolute atomic E-state index is 2.67. The molecule has 0 heterocycles. The number of rotatable bonds is 4. The maximum atomic E-state index is 2.52. The fourth-order valence-electron chi connectivity index (χ4n) is 5.26. The third-order valence-corrected chi connectivity index (χ3v) is 19.3. The molecule has 4 aromatic carbocycles. The van der Waals surface area contributed by atoms with Crippen LogP contribution in [0.25, 0.3) is 12.2 Å². The Morgan fingerprint density at radius 1 is 0.471 bits per heavy atom. The van der Waals surface area contributed by atoms with Crippen molar-refractivity contribution >= 4 is 15.4 Å². The SMILES string of the molecule is C1=C[CH]([Hf+2](=[C](c2ccccc2)c2ccccc2)[CH]2C=Cc3ccccc32)c2ccccc21.[Cl-].[Cl-]. The van der Waals surface area contributed by atoms with Crippen LogP contribution in [-0.2, 0) is 21.0 Å². The molecule has 6 rings (SSSR count). The summed E-state index contributed by atoms with van der Waals surface area (Å²) in [5, 5.41) is 0. The van der Waals surface area contributed by atoms with Gasteiger partial charge in [0.1, 0.15) is 0 Å². The second-order valence-corrected chi connectivity index (χ2v) is 18.0. The molecule has 2 atom stereocenters. The summed E-state index contributed by atoms with van der Waals surface area (Å²) in [6, 6.07) is 40.4. The van der Waals surface area contributed by atoms with Crippen LogP contribution in [0.4, 0.5) is 0 Å². The smallest absolute Gasteiger partial charge is 1.00 e. The third-order valence-electron chi connectivity index (χ3n) is 6.68. The molecule has 3 heteroatoms. The molecule has 0 saturated carbocycles. The van der Waals surface area contributed by atoms with Gasteiger partial charge in [-0.2, -0.15) is 0 Å². The molecule has 2 aliphatic carbocycles. The summed E-state index contributed by atoms with van der Waals surface area (Å²) >= 11 is -2.67. The minimum atomic E-state index is -2.67. The van der Waals surface area contributed by atoms with Crippen LogP contribution < -0.4 is 24.8 Å². The van der Waals surface area contributed by atoms with Gasteiger partial charge >= 0.3 is 198 Å². The summed E-state index contributed by atoms with van der Waals surface area (Å²) in [7, 11) is 0. The number of fused-ring (bicyclic) bond motifs is 2. The van der Waals surface area contributed by atoms with Gasteiger partial charge in [-0.1, -0.05) is 0 Å². The molecule has 4 aromatic rings. The minimum absolute atomic E-state index is 0. The van der Waals surface area contributed by atoms with Crippen LogP contribution in [0.1, 0.15) is 40.7 Å². The molecule has 166 valence electrons. The van der Waals surface area contributed by atoms with E-state index in [0.29, 0.717) is 7.35 Å². The third kappa shape index (κ3) is 4.50. The predicted molar refractivity (Wildman–Crippen MR) is 133 cm³/mol. The molecule has 0 nitrogen and oxygen atoms in total. The Morgan fingerprint density at radius 2 is 0.853 bits per heavy atom.